The van der Waals surface area contributed by atoms with Crippen LogP contribution in [-0.4, -0.2) is 63.7 Å². The van der Waals surface area contributed by atoms with Crippen LogP contribution in [0.3, 0.4) is 0 Å². The van der Waals surface area contributed by atoms with E-state index in [1.165, 1.54) is 0 Å². The number of carboxylic acids is 2. The maximum Gasteiger partial charge on any atom is 0.327 e. The van der Waals surface area contributed by atoms with Crippen molar-refractivity contribution in [3.8, 4) is 0 Å². The lowest BCUT2D eigenvalue weighted by atomic mass is 9.78. The number of rotatable bonds is 9. The van der Waals surface area contributed by atoms with Gasteiger partial charge in [0.2, 0.25) is 5.41 Å². The summed E-state index contributed by atoms with van der Waals surface area (Å²) in [6.07, 6.45) is -4.56. The summed E-state index contributed by atoms with van der Waals surface area (Å²) in [6, 6.07) is 0. The van der Waals surface area contributed by atoms with Gasteiger partial charge in [-0.1, -0.05) is 0 Å². The molecule has 0 spiro atoms. The van der Waals surface area contributed by atoms with Gasteiger partial charge in [0.05, 0.1) is 0 Å². The van der Waals surface area contributed by atoms with E-state index in [4.69, 9.17) is 5.11 Å². The second-order valence-corrected chi connectivity index (χ2v) is 9.26. The van der Waals surface area contributed by atoms with Crippen LogP contribution < -0.4 is 0 Å². The number of Topliss-reactive ketones (excluding diaryl/α,β-unsaturated/α-hetero) is 2. The van der Waals surface area contributed by atoms with E-state index in [1.807, 2.05) is 0 Å². The predicted octanol–water partition coefficient (Wildman–Crippen LogP) is -0.894. The van der Waals surface area contributed by atoms with Crippen molar-refractivity contribution < 1.29 is 55.3 Å². The molecule has 148 valence electrons. The Morgan fingerprint density at radius 2 is 1.35 bits per heavy atom. The molecule has 26 heavy (non-hydrogen) atoms. The maximum absolute atomic E-state index is 12.2. The monoisotopic (exact) mass is 416 g/mol. The van der Waals surface area contributed by atoms with Crippen LogP contribution >= 0.6 is 0 Å². The number of carboxylic acid groups (broad SMARTS) is 2. The first-order chi connectivity index (χ1) is 11.7. The minimum Gasteiger partial charge on any atom is -0.481 e. The minimum atomic E-state index is -6.05. The molecule has 0 aromatic carbocycles. The molecule has 0 heterocycles. The zero-order valence-corrected chi connectivity index (χ0v) is 14.7. The van der Waals surface area contributed by atoms with Gasteiger partial charge in [-0.05, 0) is 19.3 Å². The van der Waals surface area contributed by atoms with E-state index < -0.39 is 85.3 Å². The van der Waals surface area contributed by atoms with Crippen molar-refractivity contribution in [2.75, 3.05) is 0 Å². The van der Waals surface area contributed by atoms with Gasteiger partial charge in [0, 0.05) is 19.3 Å². The standard InChI is InChI=1S/C12H16O12S2/c13-7-4-5-8(14)12(7,10(17)18)11(25(19,20)21,26(22,23)24)6-2-1-3-9(15)16/h1-6H2,(H,15,16)(H,17,18)(H,19,20,21)(H,22,23,24). The molecule has 0 unspecified atom stereocenters. The first kappa shape index (κ1) is 22.1. The summed E-state index contributed by atoms with van der Waals surface area (Å²) in [5, 5.41) is 18.0. The molecule has 0 radical (unpaired) electrons. The Hall–Kier alpha value is -1.90. The van der Waals surface area contributed by atoms with E-state index in [0.717, 1.165) is 0 Å². The highest BCUT2D eigenvalue weighted by molar-refractivity contribution is 8.05. The lowest BCUT2D eigenvalue weighted by molar-refractivity contribution is -0.158. The zero-order chi connectivity index (χ0) is 20.6. The van der Waals surface area contributed by atoms with Crippen LogP contribution in [0.4, 0.5) is 0 Å². The Kier molecular flexibility index (Phi) is 5.98. The van der Waals surface area contributed by atoms with Crippen molar-refractivity contribution in [1.29, 1.82) is 0 Å². The summed E-state index contributed by atoms with van der Waals surface area (Å²) < 4.78 is 62.8. The molecule has 0 atom stereocenters. The van der Waals surface area contributed by atoms with E-state index in [-0.39, 0.29) is 6.42 Å². The average Bonchev–Trinajstić information content (AvgIpc) is 2.73. The van der Waals surface area contributed by atoms with Gasteiger partial charge in [0.15, 0.2) is 11.6 Å². The van der Waals surface area contributed by atoms with Crippen molar-refractivity contribution in [2.24, 2.45) is 5.41 Å². The molecule has 1 aliphatic rings. The van der Waals surface area contributed by atoms with E-state index in [1.54, 1.807) is 0 Å². The molecule has 14 heteroatoms. The van der Waals surface area contributed by atoms with Crippen molar-refractivity contribution in [3.05, 3.63) is 0 Å². The van der Waals surface area contributed by atoms with Crippen LogP contribution in [0.15, 0.2) is 0 Å². The molecule has 0 aromatic rings. The van der Waals surface area contributed by atoms with Gasteiger partial charge in [0.1, 0.15) is 0 Å². The van der Waals surface area contributed by atoms with Gasteiger partial charge < -0.3 is 10.2 Å². The third-order valence-corrected chi connectivity index (χ3v) is 8.24. The molecule has 0 aliphatic heterocycles. The van der Waals surface area contributed by atoms with Crippen molar-refractivity contribution >= 4 is 43.7 Å². The van der Waals surface area contributed by atoms with E-state index in [2.05, 4.69) is 0 Å². The van der Waals surface area contributed by atoms with Gasteiger partial charge in [0.25, 0.3) is 24.3 Å². The predicted molar refractivity (Wildman–Crippen MR) is 81.2 cm³/mol. The molecule has 12 nitrogen and oxygen atoms in total. The number of unbranched alkanes of at least 4 members (excludes halogenated alkanes) is 1. The zero-order valence-electron chi connectivity index (χ0n) is 13.1. The number of hydrogen-bond acceptors (Lipinski definition) is 8. The van der Waals surface area contributed by atoms with Crippen LogP contribution in [0.5, 0.6) is 0 Å². The van der Waals surface area contributed by atoms with Crippen LogP contribution in [0, 0.1) is 5.41 Å². The van der Waals surface area contributed by atoms with Crippen molar-refractivity contribution in [2.45, 2.75) is 42.6 Å². The normalized spacial score (nSPS) is 18.1. The van der Waals surface area contributed by atoms with Gasteiger partial charge in [-0.2, -0.15) is 16.8 Å². The van der Waals surface area contributed by atoms with Gasteiger partial charge in [-0.3, -0.25) is 28.3 Å². The molecule has 4 N–H and O–H groups in total. The number of carbonyl (C=O) groups excluding carboxylic acids is 2. The Morgan fingerprint density at radius 1 is 0.923 bits per heavy atom. The number of carbonyl (C=O) groups is 4. The van der Waals surface area contributed by atoms with Crippen LogP contribution in [0.1, 0.15) is 38.5 Å². The molecular formula is C12H16O12S2. The molecule has 1 fully saturated rings. The van der Waals surface area contributed by atoms with Crippen LogP contribution in [0.25, 0.3) is 0 Å². The first-order valence-electron chi connectivity index (χ1n) is 7.12. The fourth-order valence-electron chi connectivity index (χ4n) is 3.18. The molecular weight excluding hydrogens is 400 g/mol. The van der Waals surface area contributed by atoms with Gasteiger partial charge >= 0.3 is 11.9 Å². The quantitative estimate of drug-likeness (QED) is 0.204. The minimum absolute atomic E-state index is 0.375. The largest absolute Gasteiger partial charge is 0.481 e. The maximum atomic E-state index is 12.2. The Bertz CT molecular complexity index is 803. The SMILES string of the molecule is O=C(O)CCCCC(C1(C(=O)O)C(=O)CCC1=O)(S(=O)(=O)O)S(=O)(=O)O. The highest BCUT2D eigenvalue weighted by Gasteiger charge is 2.79. The Morgan fingerprint density at radius 3 is 1.65 bits per heavy atom. The van der Waals surface area contributed by atoms with Gasteiger partial charge in [-0.15, -0.1) is 0 Å². The van der Waals surface area contributed by atoms with E-state index in [9.17, 15) is 50.2 Å². The lowest BCUT2D eigenvalue weighted by Gasteiger charge is -2.38. The van der Waals surface area contributed by atoms with Crippen LogP contribution in [-0.2, 0) is 39.4 Å². The molecule has 1 saturated carbocycles. The van der Waals surface area contributed by atoms with Crippen LogP contribution in [0.2, 0.25) is 0 Å². The molecule has 0 saturated heterocycles. The summed E-state index contributed by atoms with van der Waals surface area (Å²) in [5.74, 6) is -6.97. The topological polar surface area (TPSA) is 217 Å². The first-order valence-corrected chi connectivity index (χ1v) is 10.00. The molecule has 1 rings (SSSR count). The number of ketones is 2. The summed E-state index contributed by atoms with van der Waals surface area (Å²) in [5.41, 5.74) is -3.75. The molecule has 1 aliphatic carbocycles. The summed E-state index contributed by atoms with van der Waals surface area (Å²) in [4.78, 5) is 46.6. The Labute approximate surface area is 147 Å². The fraction of sp³-hybridized carbons (Fsp3) is 0.667. The molecule has 0 bridgehead atoms. The summed E-state index contributed by atoms with van der Waals surface area (Å²) in [7, 11) is -12.1. The summed E-state index contributed by atoms with van der Waals surface area (Å²) in [6.45, 7) is 0. The number of aliphatic carboxylic acids is 2. The third-order valence-electron chi connectivity index (χ3n) is 4.29. The van der Waals surface area contributed by atoms with E-state index in [0.29, 0.717) is 0 Å². The van der Waals surface area contributed by atoms with Gasteiger partial charge in [-0.25, -0.2) is 0 Å². The van der Waals surface area contributed by atoms with Crippen molar-refractivity contribution in [1.82, 2.24) is 0 Å². The number of hydrogen-bond donors (Lipinski definition) is 4. The fourth-order valence-corrected chi connectivity index (χ4v) is 6.46. The highest BCUT2D eigenvalue weighted by atomic mass is 32.3. The average molecular weight is 416 g/mol. The second kappa shape index (κ2) is 7.02. The Balaban J connectivity index is 3.78. The summed E-state index contributed by atoms with van der Waals surface area (Å²) >= 11 is 0. The van der Waals surface area contributed by atoms with Crippen molar-refractivity contribution in [3.63, 3.8) is 0 Å². The smallest absolute Gasteiger partial charge is 0.327 e. The lowest BCUT2D eigenvalue weighted by Crippen LogP contribution is -2.66. The van der Waals surface area contributed by atoms with E-state index >= 15 is 0 Å². The second-order valence-electron chi connectivity index (χ2n) is 5.71. The highest BCUT2D eigenvalue weighted by Crippen LogP contribution is 2.51. The molecule has 0 aromatic heterocycles. The third kappa shape index (κ3) is 3.13. The molecule has 0 amide bonds.